The molecule has 3 N–H and O–H groups in total. The average Bonchev–Trinajstić information content (AvgIpc) is 3.23. The van der Waals surface area contributed by atoms with Crippen LogP contribution in [0.5, 0.6) is 0 Å². The van der Waals surface area contributed by atoms with Crippen LogP contribution in [0.4, 0.5) is 4.79 Å². The molecule has 0 heterocycles. The van der Waals surface area contributed by atoms with Crippen LogP contribution in [-0.4, -0.2) is 53.3 Å². The lowest BCUT2D eigenvalue weighted by molar-refractivity contribution is -0.148. The van der Waals surface area contributed by atoms with Crippen LogP contribution in [0.3, 0.4) is 0 Å². The maximum atomic E-state index is 13.3. The fraction of sp³-hybridized carbons (Fsp3) is 0.818. The van der Waals surface area contributed by atoms with Crippen LogP contribution < -0.4 is 10.6 Å². The van der Waals surface area contributed by atoms with Gasteiger partial charge in [-0.1, -0.05) is 32.4 Å². The number of carbonyl (C=O) groups excluding carboxylic acids is 3. The number of carbonyl (C=O) groups is 4. The molecule has 0 spiro atoms. The highest BCUT2D eigenvalue weighted by molar-refractivity contribution is 5.81. The number of aliphatic carboxylic acids is 1. The Morgan fingerprint density at radius 3 is 2.43 bits per heavy atom. The van der Waals surface area contributed by atoms with E-state index in [2.05, 4.69) is 30.6 Å². The SMILES string of the molecule is CC(=O)O[C@H]1CC[C@@]2(C)C(=CCC3[C@@H]4CC[C@H]([C@H](C)C(=O)NCC[C@H](NC(=O)OC(C)(C)C)C(=O)O)[C@@]4(C)CC[C@@H]32)C1. The number of ether oxygens (including phenoxy) is 2. The first-order valence-corrected chi connectivity index (χ1v) is 15.9. The number of hydrogen-bond acceptors (Lipinski definition) is 6. The molecule has 0 aromatic carbocycles. The first kappa shape index (κ1) is 32.3. The molecule has 9 nitrogen and oxygen atoms in total. The topological polar surface area (TPSA) is 131 Å². The van der Waals surface area contributed by atoms with E-state index >= 15 is 0 Å². The summed E-state index contributed by atoms with van der Waals surface area (Å²) in [6.07, 6.45) is 10.1. The molecule has 236 valence electrons. The number of amides is 2. The van der Waals surface area contributed by atoms with Gasteiger partial charge in [0.15, 0.2) is 0 Å². The molecule has 4 aliphatic carbocycles. The second-order valence-electron chi connectivity index (χ2n) is 14.9. The van der Waals surface area contributed by atoms with Crippen LogP contribution in [-0.2, 0) is 23.9 Å². The van der Waals surface area contributed by atoms with E-state index in [0.717, 1.165) is 51.4 Å². The first-order chi connectivity index (χ1) is 19.5. The van der Waals surface area contributed by atoms with Crippen LogP contribution in [0.2, 0.25) is 0 Å². The number of allylic oxidation sites excluding steroid dienone is 1. The van der Waals surface area contributed by atoms with E-state index in [1.165, 1.54) is 12.5 Å². The minimum Gasteiger partial charge on any atom is -0.480 e. The number of carboxylic acids is 1. The standard InChI is InChI=1S/C33H52N2O7/c1-19(28(37)34-17-14-27(29(38)39)35-30(40)42-31(3,4)5)24-10-11-25-23-9-8-21-18-22(41-20(2)36)12-15-32(21,6)26(23)13-16-33(24,25)7/h8,19,22-27H,9-18H2,1-7H3,(H,34,37)(H,35,40)(H,38,39)/t19-,22-,23?,24+,25-,26-,27-,32-,33+/m0/s1. The molecule has 0 saturated heterocycles. The van der Waals surface area contributed by atoms with Crippen molar-refractivity contribution >= 4 is 23.9 Å². The molecule has 0 bridgehead atoms. The van der Waals surface area contributed by atoms with Crippen molar-refractivity contribution in [3.05, 3.63) is 11.6 Å². The summed E-state index contributed by atoms with van der Waals surface area (Å²) in [5.41, 5.74) is 1.00. The highest BCUT2D eigenvalue weighted by atomic mass is 16.6. The van der Waals surface area contributed by atoms with E-state index in [9.17, 15) is 24.3 Å². The van der Waals surface area contributed by atoms with Gasteiger partial charge in [-0.3, -0.25) is 9.59 Å². The van der Waals surface area contributed by atoms with E-state index < -0.39 is 23.7 Å². The molecule has 9 heteroatoms. The normalized spacial score (nSPS) is 35.3. The summed E-state index contributed by atoms with van der Waals surface area (Å²) in [7, 11) is 0. The third-order valence-corrected chi connectivity index (χ3v) is 11.2. The van der Waals surface area contributed by atoms with Gasteiger partial charge in [-0.25, -0.2) is 9.59 Å². The number of hydrogen-bond donors (Lipinski definition) is 3. The van der Waals surface area contributed by atoms with Gasteiger partial charge in [-0.2, -0.15) is 0 Å². The predicted octanol–water partition coefficient (Wildman–Crippen LogP) is 5.62. The highest BCUT2D eigenvalue weighted by Gasteiger charge is 2.59. The molecule has 4 rings (SSSR count). The van der Waals surface area contributed by atoms with Crippen molar-refractivity contribution in [1.29, 1.82) is 0 Å². The molecule has 0 aromatic heterocycles. The van der Waals surface area contributed by atoms with Crippen molar-refractivity contribution in [2.45, 2.75) is 124 Å². The zero-order valence-electron chi connectivity index (χ0n) is 26.6. The third-order valence-electron chi connectivity index (χ3n) is 11.2. The molecule has 2 amide bonds. The van der Waals surface area contributed by atoms with Crippen molar-refractivity contribution in [1.82, 2.24) is 10.6 Å². The monoisotopic (exact) mass is 588 g/mol. The molecule has 9 atom stereocenters. The van der Waals surface area contributed by atoms with Crippen LogP contribution in [0, 0.1) is 40.4 Å². The van der Waals surface area contributed by atoms with Gasteiger partial charge in [0, 0.05) is 25.8 Å². The van der Waals surface area contributed by atoms with E-state index in [4.69, 9.17) is 9.47 Å². The van der Waals surface area contributed by atoms with Crippen LogP contribution in [0.25, 0.3) is 0 Å². The van der Waals surface area contributed by atoms with E-state index in [1.54, 1.807) is 20.8 Å². The molecular formula is C33H52N2O7. The molecule has 4 aliphatic rings. The van der Waals surface area contributed by atoms with Crippen LogP contribution >= 0.6 is 0 Å². The summed E-state index contributed by atoms with van der Waals surface area (Å²) in [5, 5.41) is 14.9. The third kappa shape index (κ3) is 6.65. The minimum absolute atomic E-state index is 0.00123. The molecule has 1 unspecified atom stereocenters. The number of alkyl carbamates (subject to hydrolysis) is 1. The Labute approximate surface area is 250 Å². The van der Waals surface area contributed by atoms with Crippen molar-refractivity contribution in [3.63, 3.8) is 0 Å². The van der Waals surface area contributed by atoms with E-state index in [1.807, 2.05) is 6.92 Å². The molecule has 3 fully saturated rings. The molecule has 0 radical (unpaired) electrons. The lowest BCUT2D eigenvalue weighted by Crippen LogP contribution is -2.51. The Morgan fingerprint density at radius 1 is 1.07 bits per heavy atom. The van der Waals surface area contributed by atoms with Gasteiger partial charge >= 0.3 is 18.0 Å². The summed E-state index contributed by atoms with van der Waals surface area (Å²) in [5.74, 6) is 0.503. The predicted molar refractivity (Wildman–Crippen MR) is 158 cm³/mol. The molecule has 0 aromatic rings. The highest BCUT2D eigenvalue weighted by Crippen LogP contribution is 2.67. The van der Waals surface area contributed by atoms with Gasteiger partial charge < -0.3 is 25.2 Å². The molecule has 42 heavy (non-hydrogen) atoms. The van der Waals surface area contributed by atoms with Crippen molar-refractivity contribution in [2.24, 2.45) is 40.4 Å². The minimum atomic E-state index is -1.16. The number of carboxylic acid groups (broad SMARTS) is 1. The van der Waals surface area contributed by atoms with Crippen molar-refractivity contribution in [3.8, 4) is 0 Å². The maximum absolute atomic E-state index is 13.3. The quantitative estimate of drug-likeness (QED) is 0.248. The van der Waals surface area contributed by atoms with E-state index in [0.29, 0.717) is 17.8 Å². The molecule has 3 saturated carbocycles. The number of nitrogens with one attached hydrogen (secondary N) is 2. The second kappa shape index (κ2) is 12.2. The zero-order valence-corrected chi connectivity index (χ0v) is 26.6. The lowest BCUT2D eigenvalue weighted by Gasteiger charge is -2.58. The van der Waals surface area contributed by atoms with Gasteiger partial charge in [0.05, 0.1) is 0 Å². The Balaban J connectivity index is 1.35. The summed E-state index contributed by atoms with van der Waals surface area (Å²) < 4.78 is 10.8. The van der Waals surface area contributed by atoms with Crippen LogP contribution in [0.1, 0.15) is 106 Å². The maximum Gasteiger partial charge on any atom is 0.408 e. The van der Waals surface area contributed by atoms with Crippen molar-refractivity contribution in [2.75, 3.05) is 6.54 Å². The zero-order chi connectivity index (χ0) is 31.0. The summed E-state index contributed by atoms with van der Waals surface area (Å²) in [4.78, 5) is 48.6. The van der Waals surface area contributed by atoms with Crippen molar-refractivity contribution < 1.29 is 33.8 Å². The Kier molecular flexibility index (Phi) is 9.39. The Bertz CT molecular complexity index is 1100. The largest absolute Gasteiger partial charge is 0.480 e. The smallest absolute Gasteiger partial charge is 0.408 e. The molecule has 0 aliphatic heterocycles. The van der Waals surface area contributed by atoms with E-state index in [-0.39, 0.29) is 53.6 Å². The van der Waals surface area contributed by atoms with Gasteiger partial charge in [0.1, 0.15) is 17.7 Å². The fourth-order valence-electron chi connectivity index (χ4n) is 9.22. The molecular weight excluding hydrogens is 536 g/mol. The van der Waals surface area contributed by atoms with Gasteiger partial charge in [0.25, 0.3) is 0 Å². The average molecular weight is 589 g/mol. The summed E-state index contributed by atoms with van der Waals surface area (Å²) in [6.45, 7) is 13.7. The number of rotatable bonds is 8. The van der Waals surface area contributed by atoms with Gasteiger partial charge in [-0.15, -0.1) is 0 Å². The Morgan fingerprint density at radius 2 is 1.79 bits per heavy atom. The lowest BCUT2D eigenvalue weighted by atomic mass is 9.47. The fourth-order valence-corrected chi connectivity index (χ4v) is 9.22. The first-order valence-electron chi connectivity index (χ1n) is 15.9. The van der Waals surface area contributed by atoms with Gasteiger partial charge in [-0.05, 0) is 107 Å². The second-order valence-corrected chi connectivity index (χ2v) is 14.9. The Hall–Kier alpha value is -2.58. The number of fused-ring (bicyclic) bond motifs is 5. The summed E-state index contributed by atoms with van der Waals surface area (Å²) >= 11 is 0. The van der Waals surface area contributed by atoms with Crippen LogP contribution in [0.15, 0.2) is 11.6 Å². The van der Waals surface area contributed by atoms with Gasteiger partial charge in [0.2, 0.25) is 5.91 Å². The number of esters is 1. The summed E-state index contributed by atoms with van der Waals surface area (Å²) in [6, 6.07) is -1.14.